The van der Waals surface area contributed by atoms with Gasteiger partial charge in [0.2, 0.25) is 5.91 Å². The first-order valence-corrected chi connectivity index (χ1v) is 12.1. The van der Waals surface area contributed by atoms with Crippen molar-refractivity contribution in [3.05, 3.63) is 68.0 Å². The number of ether oxygens (including phenoxy) is 1. The number of carbonyl (C=O) groups is 3. The number of carbonyl (C=O) groups excluding carboxylic acids is 3. The summed E-state index contributed by atoms with van der Waals surface area (Å²) in [4.78, 5) is 40.7. The Morgan fingerprint density at radius 2 is 1.91 bits per heavy atom. The zero-order chi connectivity index (χ0) is 22.7. The van der Waals surface area contributed by atoms with Gasteiger partial charge in [0.1, 0.15) is 18.9 Å². The highest BCUT2D eigenvalue weighted by Crippen LogP contribution is 2.35. The zero-order valence-electron chi connectivity index (χ0n) is 17.1. The van der Waals surface area contributed by atoms with E-state index >= 15 is 0 Å². The van der Waals surface area contributed by atoms with Gasteiger partial charge in [-0.15, -0.1) is 0 Å². The van der Waals surface area contributed by atoms with E-state index in [1.54, 1.807) is 23.1 Å². The first-order valence-electron chi connectivity index (χ1n) is 10.1. The van der Waals surface area contributed by atoms with Crippen LogP contribution in [0.1, 0.15) is 24.0 Å². The number of thioether (sulfide) groups is 1. The molecular weight excluding hydrogens is 516 g/mol. The fourth-order valence-electron chi connectivity index (χ4n) is 3.51. The molecule has 0 atom stereocenters. The smallest absolute Gasteiger partial charge is 0.294 e. The summed E-state index contributed by atoms with van der Waals surface area (Å²) in [7, 11) is 0. The van der Waals surface area contributed by atoms with Crippen LogP contribution in [0, 0.1) is 0 Å². The van der Waals surface area contributed by atoms with Gasteiger partial charge < -0.3 is 9.64 Å². The lowest BCUT2D eigenvalue weighted by Gasteiger charge is -2.18. The number of imide groups is 1. The average molecular weight is 536 g/mol. The number of hydrogen-bond donors (Lipinski definition) is 0. The molecule has 2 aromatic rings. The van der Waals surface area contributed by atoms with Gasteiger partial charge in [-0.2, -0.15) is 0 Å². The van der Waals surface area contributed by atoms with Crippen molar-refractivity contribution in [2.75, 3.05) is 19.6 Å². The Labute approximate surface area is 203 Å². The molecule has 9 heteroatoms. The molecule has 166 valence electrons. The molecule has 2 heterocycles. The Morgan fingerprint density at radius 1 is 1.16 bits per heavy atom. The molecule has 0 saturated carbocycles. The first-order chi connectivity index (χ1) is 15.4. The van der Waals surface area contributed by atoms with Crippen molar-refractivity contribution < 1.29 is 19.1 Å². The standard InChI is InChI=1S/C23H20BrClN2O4S/c24-17-7-8-19(31-14-15-5-1-2-6-18(15)25)16(11-17)12-20-22(29)27(23(30)32-20)13-21(28)26-9-3-4-10-26/h1-2,5-8,11-12H,3-4,9-10,13-14H2/b20-12+. The number of hydrogen-bond acceptors (Lipinski definition) is 5. The van der Waals surface area contributed by atoms with Crippen molar-refractivity contribution in [2.45, 2.75) is 19.4 Å². The van der Waals surface area contributed by atoms with E-state index < -0.39 is 11.1 Å². The topological polar surface area (TPSA) is 66.9 Å². The minimum absolute atomic E-state index is 0.197. The number of halogens is 2. The van der Waals surface area contributed by atoms with Crippen LogP contribution in [0.3, 0.4) is 0 Å². The molecule has 0 bridgehead atoms. The van der Waals surface area contributed by atoms with E-state index in [2.05, 4.69) is 15.9 Å². The van der Waals surface area contributed by atoms with E-state index in [9.17, 15) is 14.4 Å². The van der Waals surface area contributed by atoms with Crippen LogP contribution in [0.5, 0.6) is 5.75 Å². The van der Waals surface area contributed by atoms with Crippen LogP contribution in [0.15, 0.2) is 51.8 Å². The van der Waals surface area contributed by atoms with Gasteiger partial charge in [-0.05, 0) is 54.9 Å². The highest BCUT2D eigenvalue weighted by Gasteiger charge is 2.37. The first kappa shape index (κ1) is 22.9. The third-order valence-electron chi connectivity index (χ3n) is 5.23. The van der Waals surface area contributed by atoms with E-state index in [0.717, 1.165) is 39.5 Å². The molecule has 6 nitrogen and oxygen atoms in total. The molecule has 0 aromatic heterocycles. The Morgan fingerprint density at radius 3 is 2.66 bits per heavy atom. The van der Waals surface area contributed by atoms with Crippen LogP contribution in [-0.2, 0) is 16.2 Å². The minimum Gasteiger partial charge on any atom is -0.488 e. The lowest BCUT2D eigenvalue weighted by molar-refractivity contribution is -0.135. The van der Waals surface area contributed by atoms with E-state index in [0.29, 0.717) is 29.4 Å². The highest BCUT2D eigenvalue weighted by molar-refractivity contribution is 9.10. The molecule has 0 radical (unpaired) electrons. The Hall–Kier alpha value is -2.29. The molecule has 3 amide bonds. The van der Waals surface area contributed by atoms with Crippen LogP contribution in [0.4, 0.5) is 4.79 Å². The quantitative estimate of drug-likeness (QED) is 0.467. The number of nitrogens with zero attached hydrogens (tertiary/aromatic N) is 2. The lowest BCUT2D eigenvalue weighted by atomic mass is 10.1. The largest absolute Gasteiger partial charge is 0.488 e. The molecule has 2 aliphatic heterocycles. The summed E-state index contributed by atoms with van der Waals surface area (Å²) in [6, 6.07) is 12.8. The van der Waals surface area contributed by atoms with Gasteiger partial charge in [-0.25, -0.2) is 0 Å². The monoisotopic (exact) mass is 534 g/mol. The summed E-state index contributed by atoms with van der Waals surface area (Å²) >= 11 is 10.5. The molecule has 2 fully saturated rings. The fourth-order valence-corrected chi connectivity index (χ4v) is 4.91. The van der Waals surface area contributed by atoms with Crippen molar-refractivity contribution in [2.24, 2.45) is 0 Å². The van der Waals surface area contributed by atoms with E-state index in [1.165, 1.54) is 0 Å². The molecule has 0 spiro atoms. The summed E-state index contributed by atoms with van der Waals surface area (Å²) < 4.78 is 6.76. The third kappa shape index (κ3) is 5.19. The maximum Gasteiger partial charge on any atom is 0.294 e. The second-order valence-corrected chi connectivity index (χ2v) is 9.73. The third-order valence-corrected chi connectivity index (χ3v) is 6.99. The predicted molar refractivity (Wildman–Crippen MR) is 128 cm³/mol. The zero-order valence-corrected chi connectivity index (χ0v) is 20.2. The molecule has 0 unspecified atom stereocenters. The maximum atomic E-state index is 12.9. The SMILES string of the molecule is O=C(CN1C(=O)S/C(=C/c2cc(Br)ccc2OCc2ccccc2Cl)C1=O)N1CCCC1. The van der Waals surface area contributed by atoms with Gasteiger partial charge in [-0.3, -0.25) is 19.3 Å². The maximum absolute atomic E-state index is 12.9. The van der Waals surface area contributed by atoms with Crippen molar-refractivity contribution in [3.63, 3.8) is 0 Å². The van der Waals surface area contributed by atoms with Crippen molar-refractivity contribution in [3.8, 4) is 5.75 Å². The van der Waals surface area contributed by atoms with Crippen molar-refractivity contribution in [1.82, 2.24) is 9.80 Å². The van der Waals surface area contributed by atoms with Crippen LogP contribution >= 0.6 is 39.3 Å². The highest BCUT2D eigenvalue weighted by atomic mass is 79.9. The van der Waals surface area contributed by atoms with Gasteiger partial charge in [0.25, 0.3) is 11.1 Å². The van der Waals surface area contributed by atoms with Crippen LogP contribution in [-0.4, -0.2) is 46.5 Å². The minimum atomic E-state index is -0.468. The van der Waals surface area contributed by atoms with Crippen molar-refractivity contribution >= 4 is 62.4 Å². The molecule has 32 heavy (non-hydrogen) atoms. The van der Waals surface area contributed by atoms with Crippen LogP contribution < -0.4 is 4.74 Å². The van der Waals surface area contributed by atoms with Gasteiger partial charge >= 0.3 is 0 Å². The van der Waals surface area contributed by atoms with E-state index in [4.69, 9.17) is 16.3 Å². The Bertz CT molecular complexity index is 1100. The lowest BCUT2D eigenvalue weighted by Crippen LogP contribution is -2.40. The summed E-state index contributed by atoms with van der Waals surface area (Å²) in [5.74, 6) is -0.116. The molecular formula is C23H20BrClN2O4S. The van der Waals surface area contributed by atoms with Crippen LogP contribution in [0.2, 0.25) is 5.02 Å². The predicted octanol–water partition coefficient (Wildman–Crippen LogP) is 5.34. The number of likely N-dealkylation sites (tertiary alicyclic amines) is 1. The summed E-state index contributed by atoms with van der Waals surface area (Å²) in [6.45, 7) is 1.38. The Kier molecular flexibility index (Phi) is 7.23. The molecule has 0 N–H and O–H groups in total. The molecule has 4 rings (SSSR count). The Balaban J connectivity index is 1.52. The number of benzene rings is 2. The van der Waals surface area contributed by atoms with E-state index in [1.807, 2.05) is 30.3 Å². The summed E-state index contributed by atoms with van der Waals surface area (Å²) in [5, 5.41) is 0.164. The number of rotatable bonds is 6. The van der Waals surface area contributed by atoms with Crippen LogP contribution in [0.25, 0.3) is 6.08 Å². The molecule has 2 aliphatic rings. The van der Waals surface area contributed by atoms with Gasteiger partial charge in [0.05, 0.1) is 4.91 Å². The molecule has 0 aliphatic carbocycles. The van der Waals surface area contributed by atoms with Crippen molar-refractivity contribution in [1.29, 1.82) is 0 Å². The number of amides is 3. The second-order valence-electron chi connectivity index (χ2n) is 7.42. The summed E-state index contributed by atoms with van der Waals surface area (Å²) in [5.41, 5.74) is 1.48. The summed E-state index contributed by atoms with van der Waals surface area (Å²) in [6.07, 6.45) is 3.53. The van der Waals surface area contributed by atoms with Gasteiger partial charge in [0, 0.05) is 33.7 Å². The van der Waals surface area contributed by atoms with E-state index in [-0.39, 0.29) is 24.0 Å². The fraction of sp³-hybridized carbons (Fsp3) is 0.261. The average Bonchev–Trinajstić information content (AvgIpc) is 3.39. The van der Waals surface area contributed by atoms with Gasteiger partial charge in [0.15, 0.2) is 0 Å². The van der Waals surface area contributed by atoms with Gasteiger partial charge in [-0.1, -0.05) is 45.7 Å². The second kappa shape index (κ2) is 10.1. The molecule has 2 saturated heterocycles. The normalized spacial score (nSPS) is 17.5. The molecule has 2 aromatic carbocycles.